The molecule has 0 saturated carbocycles. The second-order valence-electron chi connectivity index (χ2n) is 8.98. The normalized spacial score (nSPS) is 18.8. The van der Waals surface area contributed by atoms with Gasteiger partial charge in [0.05, 0.1) is 12.6 Å². The Labute approximate surface area is 198 Å². The Morgan fingerprint density at radius 2 is 1.74 bits per heavy atom. The van der Waals surface area contributed by atoms with Gasteiger partial charge in [-0.3, -0.25) is 9.59 Å². The SMILES string of the molecule is Cc1noc(CC(=O)N2C[C@H](F)C[C@H]2C(=O)N[C@@H](c2ccccc2)c2ccc(C(C)C)cc2)n1. The van der Waals surface area contributed by atoms with E-state index in [1.807, 2.05) is 42.5 Å². The third-order valence-corrected chi connectivity index (χ3v) is 6.10. The second-order valence-corrected chi connectivity index (χ2v) is 8.98. The summed E-state index contributed by atoms with van der Waals surface area (Å²) in [5.74, 6) is 0.145. The van der Waals surface area contributed by atoms with Crippen molar-refractivity contribution in [2.75, 3.05) is 6.54 Å². The smallest absolute Gasteiger partial charge is 0.243 e. The van der Waals surface area contributed by atoms with E-state index in [1.165, 1.54) is 10.5 Å². The summed E-state index contributed by atoms with van der Waals surface area (Å²) in [4.78, 5) is 31.6. The second kappa shape index (κ2) is 10.2. The van der Waals surface area contributed by atoms with Crippen LogP contribution in [0.2, 0.25) is 0 Å². The lowest BCUT2D eigenvalue weighted by Crippen LogP contribution is -2.47. The standard InChI is InChI=1S/C26H29FN4O3/c1-16(2)18-9-11-20(12-10-18)25(19-7-5-4-6-8-19)29-26(33)22-13-21(27)15-31(22)24(32)14-23-28-17(3)30-34-23/h4-12,16,21-22,25H,13-15H2,1-3H3,(H,29,33)/t21-,22+,25+/m1/s1. The average Bonchev–Trinajstić information content (AvgIpc) is 3.43. The molecule has 2 aromatic carbocycles. The fourth-order valence-electron chi connectivity index (χ4n) is 4.27. The number of nitrogens with zero attached hydrogens (tertiary/aromatic N) is 3. The quantitative estimate of drug-likeness (QED) is 0.573. The number of carbonyl (C=O) groups excluding carboxylic acids is 2. The summed E-state index contributed by atoms with van der Waals surface area (Å²) < 4.78 is 19.4. The molecule has 2 amide bonds. The van der Waals surface area contributed by atoms with Gasteiger partial charge in [-0.2, -0.15) is 4.98 Å². The molecule has 1 saturated heterocycles. The fraction of sp³-hybridized carbons (Fsp3) is 0.385. The molecular formula is C26H29FN4O3. The van der Waals surface area contributed by atoms with Crippen LogP contribution in [0.4, 0.5) is 4.39 Å². The number of rotatable bonds is 7. The predicted octanol–water partition coefficient (Wildman–Crippen LogP) is 3.89. The Kier molecular flexibility index (Phi) is 7.05. The summed E-state index contributed by atoms with van der Waals surface area (Å²) in [5, 5.41) is 6.74. The molecule has 1 aliphatic heterocycles. The molecule has 3 aromatic rings. The molecular weight excluding hydrogens is 435 g/mol. The third kappa shape index (κ3) is 5.32. The topological polar surface area (TPSA) is 88.3 Å². The molecule has 2 heterocycles. The minimum atomic E-state index is -1.27. The number of carbonyl (C=O) groups is 2. The molecule has 4 rings (SSSR count). The van der Waals surface area contributed by atoms with Gasteiger partial charge in [-0.05, 0) is 29.5 Å². The van der Waals surface area contributed by atoms with Crippen molar-refractivity contribution in [1.29, 1.82) is 0 Å². The summed E-state index contributed by atoms with van der Waals surface area (Å²) in [7, 11) is 0. The van der Waals surface area contributed by atoms with Crippen LogP contribution in [0.1, 0.15) is 60.6 Å². The molecule has 1 aliphatic rings. The molecule has 0 radical (unpaired) electrons. The van der Waals surface area contributed by atoms with Crippen molar-refractivity contribution in [2.45, 2.75) is 57.8 Å². The van der Waals surface area contributed by atoms with E-state index in [0.717, 1.165) is 11.1 Å². The summed E-state index contributed by atoms with van der Waals surface area (Å²) in [6, 6.07) is 16.4. The van der Waals surface area contributed by atoms with E-state index < -0.39 is 30.1 Å². The molecule has 0 spiro atoms. The van der Waals surface area contributed by atoms with Crippen molar-refractivity contribution in [1.82, 2.24) is 20.4 Å². The van der Waals surface area contributed by atoms with Gasteiger partial charge in [0.25, 0.3) is 0 Å². The molecule has 0 aliphatic carbocycles. The number of halogens is 1. The number of aryl methyl sites for hydroxylation is 1. The molecule has 3 atom stereocenters. The molecule has 8 heteroatoms. The number of hydrogen-bond acceptors (Lipinski definition) is 5. The summed E-state index contributed by atoms with van der Waals surface area (Å²) >= 11 is 0. The van der Waals surface area contributed by atoms with Crippen molar-refractivity contribution in [3.63, 3.8) is 0 Å². The van der Waals surface area contributed by atoms with Gasteiger partial charge in [-0.1, -0.05) is 73.6 Å². The van der Waals surface area contributed by atoms with E-state index in [1.54, 1.807) is 6.92 Å². The van der Waals surface area contributed by atoms with E-state index in [0.29, 0.717) is 11.7 Å². The van der Waals surface area contributed by atoms with Crippen molar-refractivity contribution in [2.24, 2.45) is 0 Å². The van der Waals surface area contributed by atoms with Crippen LogP contribution in [-0.4, -0.2) is 45.6 Å². The summed E-state index contributed by atoms with van der Waals surface area (Å²) in [6.07, 6.45) is -1.49. The summed E-state index contributed by atoms with van der Waals surface area (Å²) in [6.45, 7) is 5.77. The molecule has 1 fully saturated rings. The van der Waals surface area contributed by atoms with Crippen LogP contribution in [0, 0.1) is 6.92 Å². The monoisotopic (exact) mass is 464 g/mol. The number of amides is 2. The van der Waals surface area contributed by atoms with Gasteiger partial charge in [0, 0.05) is 6.42 Å². The molecule has 0 bridgehead atoms. The molecule has 1 aromatic heterocycles. The molecule has 7 nitrogen and oxygen atoms in total. The fourth-order valence-corrected chi connectivity index (χ4v) is 4.27. The number of alkyl halides is 1. The predicted molar refractivity (Wildman–Crippen MR) is 125 cm³/mol. The lowest BCUT2D eigenvalue weighted by molar-refractivity contribution is -0.138. The highest BCUT2D eigenvalue weighted by Gasteiger charge is 2.40. The largest absolute Gasteiger partial charge is 0.343 e. The maximum atomic E-state index is 14.4. The van der Waals surface area contributed by atoms with E-state index >= 15 is 0 Å². The van der Waals surface area contributed by atoms with Crippen molar-refractivity contribution in [3.8, 4) is 0 Å². The van der Waals surface area contributed by atoms with Gasteiger partial charge in [-0.15, -0.1) is 0 Å². The van der Waals surface area contributed by atoms with Crippen molar-refractivity contribution in [3.05, 3.63) is 83.0 Å². The Morgan fingerprint density at radius 3 is 2.35 bits per heavy atom. The Hall–Kier alpha value is -3.55. The van der Waals surface area contributed by atoms with E-state index in [-0.39, 0.29) is 25.3 Å². The van der Waals surface area contributed by atoms with Gasteiger partial charge in [-0.25, -0.2) is 4.39 Å². The molecule has 0 unspecified atom stereocenters. The Morgan fingerprint density at radius 1 is 1.09 bits per heavy atom. The Bertz CT molecular complexity index is 1130. The zero-order chi connectivity index (χ0) is 24.2. The van der Waals surface area contributed by atoms with E-state index in [9.17, 15) is 14.0 Å². The van der Waals surface area contributed by atoms with E-state index in [2.05, 4.69) is 41.4 Å². The first kappa shape index (κ1) is 23.6. The lowest BCUT2D eigenvalue weighted by atomic mass is 9.95. The van der Waals surface area contributed by atoms with Gasteiger partial charge < -0.3 is 14.7 Å². The highest BCUT2D eigenvalue weighted by Crippen LogP contribution is 2.27. The first-order valence-corrected chi connectivity index (χ1v) is 11.5. The van der Waals surface area contributed by atoms with Crippen LogP contribution in [0.5, 0.6) is 0 Å². The molecule has 178 valence electrons. The van der Waals surface area contributed by atoms with Crippen LogP contribution in [0.25, 0.3) is 0 Å². The van der Waals surface area contributed by atoms with Gasteiger partial charge >= 0.3 is 0 Å². The average molecular weight is 465 g/mol. The zero-order valence-corrected chi connectivity index (χ0v) is 19.6. The van der Waals surface area contributed by atoms with Gasteiger partial charge in [0.2, 0.25) is 17.7 Å². The van der Waals surface area contributed by atoms with Crippen LogP contribution in [-0.2, 0) is 16.0 Å². The number of benzene rings is 2. The first-order chi connectivity index (χ1) is 16.3. The van der Waals surface area contributed by atoms with Crippen LogP contribution in [0.15, 0.2) is 59.1 Å². The summed E-state index contributed by atoms with van der Waals surface area (Å²) in [5.41, 5.74) is 3.02. The van der Waals surface area contributed by atoms with Crippen LogP contribution < -0.4 is 5.32 Å². The van der Waals surface area contributed by atoms with Gasteiger partial charge in [0.15, 0.2) is 5.82 Å². The van der Waals surface area contributed by atoms with E-state index in [4.69, 9.17) is 4.52 Å². The minimum absolute atomic E-state index is 0.0474. The zero-order valence-electron chi connectivity index (χ0n) is 19.6. The minimum Gasteiger partial charge on any atom is -0.343 e. The lowest BCUT2D eigenvalue weighted by Gasteiger charge is -2.27. The van der Waals surface area contributed by atoms with Crippen LogP contribution >= 0.6 is 0 Å². The molecule has 1 N–H and O–H groups in total. The first-order valence-electron chi connectivity index (χ1n) is 11.5. The number of nitrogens with one attached hydrogen (secondary N) is 1. The number of likely N-dealkylation sites (tertiary alicyclic amines) is 1. The Balaban J connectivity index is 1.55. The van der Waals surface area contributed by atoms with Crippen LogP contribution in [0.3, 0.4) is 0 Å². The maximum absolute atomic E-state index is 14.4. The third-order valence-electron chi connectivity index (χ3n) is 6.10. The highest BCUT2D eigenvalue weighted by atomic mass is 19.1. The number of hydrogen-bond donors (Lipinski definition) is 1. The molecule has 34 heavy (non-hydrogen) atoms. The van der Waals surface area contributed by atoms with Gasteiger partial charge in [0.1, 0.15) is 18.6 Å². The van der Waals surface area contributed by atoms with Crippen molar-refractivity contribution < 1.29 is 18.5 Å². The maximum Gasteiger partial charge on any atom is 0.243 e. The van der Waals surface area contributed by atoms with Crippen molar-refractivity contribution >= 4 is 11.8 Å². The number of aromatic nitrogens is 2. The highest BCUT2D eigenvalue weighted by molar-refractivity contribution is 5.89.